The van der Waals surface area contributed by atoms with Gasteiger partial charge in [0, 0.05) is 13.1 Å². The van der Waals surface area contributed by atoms with E-state index in [1.165, 1.54) is 0 Å². The Morgan fingerprint density at radius 2 is 1.95 bits per heavy atom. The lowest BCUT2D eigenvalue weighted by molar-refractivity contribution is -0.150. The molecule has 0 aromatic carbocycles. The van der Waals surface area contributed by atoms with Crippen LogP contribution in [-0.4, -0.2) is 61.9 Å². The third kappa shape index (κ3) is 5.93. The van der Waals surface area contributed by atoms with E-state index < -0.39 is 5.54 Å². The van der Waals surface area contributed by atoms with Crippen LogP contribution in [0.2, 0.25) is 0 Å². The van der Waals surface area contributed by atoms with Gasteiger partial charge >= 0.3 is 5.97 Å². The van der Waals surface area contributed by atoms with Crippen LogP contribution in [0.25, 0.3) is 0 Å². The molecule has 5 heteroatoms. The number of hydrogen-bond donors (Lipinski definition) is 1. The summed E-state index contributed by atoms with van der Waals surface area (Å²) < 4.78 is 10.9. The summed E-state index contributed by atoms with van der Waals surface area (Å²) in [5.41, 5.74) is -0.568. The summed E-state index contributed by atoms with van der Waals surface area (Å²) >= 11 is 0. The van der Waals surface area contributed by atoms with Crippen molar-refractivity contribution in [3.8, 4) is 0 Å². The molecule has 1 saturated heterocycles. The zero-order chi connectivity index (χ0) is 15.9. The lowest BCUT2D eigenvalue weighted by Crippen LogP contribution is -2.49. The lowest BCUT2D eigenvalue weighted by Gasteiger charge is -2.35. The van der Waals surface area contributed by atoms with Crippen LogP contribution in [0.1, 0.15) is 47.0 Å². The van der Waals surface area contributed by atoms with Gasteiger partial charge in [-0.25, -0.2) is 0 Å². The normalized spacial score (nSPS) is 26.3. The molecule has 3 unspecified atom stereocenters. The molecule has 21 heavy (non-hydrogen) atoms. The summed E-state index contributed by atoms with van der Waals surface area (Å²) in [6, 6.07) is 0. The molecule has 1 N–H and O–H groups in total. The Morgan fingerprint density at radius 1 is 1.33 bits per heavy atom. The maximum atomic E-state index is 12.0. The Labute approximate surface area is 129 Å². The first kappa shape index (κ1) is 18.4. The Balaban J connectivity index is 2.30. The number of ether oxygens (including phenoxy) is 2. The van der Waals surface area contributed by atoms with Crippen LogP contribution in [0.4, 0.5) is 0 Å². The lowest BCUT2D eigenvalue weighted by atomic mass is 9.95. The second-order valence-electron chi connectivity index (χ2n) is 6.28. The highest BCUT2D eigenvalue weighted by Gasteiger charge is 2.32. The van der Waals surface area contributed by atoms with Gasteiger partial charge in [0.15, 0.2) is 0 Å². The molecule has 1 heterocycles. The number of nitrogens with one attached hydrogen (secondary N) is 1. The van der Waals surface area contributed by atoms with Crippen LogP contribution in [0.3, 0.4) is 0 Å². The fraction of sp³-hybridized carbons (Fsp3) is 0.938. The van der Waals surface area contributed by atoms with Gasteiger partial charge in [0.2, 0.25) is 0 Å². The smallest absolute Gasteiger partial charge is 0.326 e. The third-order valence-corrected chi connectivity index (χ3v) is 4.17. The summed E-state index contributed by atoms with van der Waals surface area (Å²) in [4.78, 5) is 14.4. The molecule has 3 atom stereocenters. The van der Waals surface area contributed by atoms with Gasteiger partial charge in [-0.3, -0.25) is 9.69 Å². The molecule has 0 bridgehead atoms. The van der Waals surface area contributed by atoms with Crippen molar-refractivity contribution in [1.82, 2.24) is 10.2 Å². The van der Waals surface area contributed by atoms with Gasteiger partial charge in [0.25, 0.3) is 0 Å². The number of unbranched alkanes of at least 4 members (excludes halogenated alkanes) is 1. The molecule has 1 fully saturated rings. The topological polar surface area (TPSA) is 50.8 Å². The summed E-state index contributed by atoms with van der Waals surface area (Å²) in [6.45, 7) is 11.5. The number of hydrogen-bond acceptors (Lipinski definition) is 5. The van der Waals surface area contributed by atoms with E-state index in [4.69, 9.17) is 9.47 Å². The molecule has 5 nitrogen and oxygen atoms in total. The van der Waals surface area contributed by atoms with E-state index in [0.29, 0.717) is 18.8 Å². The summed E-state index contributed by atoms with van der Waals surface area (Å²) in [5, 5.41) is 3.11. The highest BCUT2D eigenvalue weighted by Crippen LogP contribution is 2.17. The van der Waals surface area contributed by atoms with E-state index in [0.717, 1.165) is 38.9 Å². The molecule has 0 aromatic rings. The van der Waals surface area contributed by atoms with Gasteiger partial charge in [0.1, 0.15) is 5.54 Å². The van der Waals surface area contributed by atoms with Gasteiger partial charge in [-0.15, -0.1) is 0 Å². The quantitative estimate of drug-likeness (QED) is 0.547. The average molecular weight is 300 g/mol. The first-order chi connectivity index (χ1) is 9.91. The van der Waals surface area contributed by atoms with Crippen molar-refractivity contribution in [2.24, 2.45) is 0 Å². The largest absolute Gasteiger partial charge is 0.465 e. The van der Waals surface area contributed by atoms with E-state index in [1.54, 1.807) is 0 Å². The monoisotopic (exact) mass is 300 g/mol. The zero-order valence-electron chi connectivity index (χ0n) is 14.3. The van der Waals surface area contributed by atoms with Crippen LogP contribution in [-0.2, 0) is 14.3 Å². The number of esters is 1. The van der Waals surface area contributed by atoms with Gasteiger partial charge in [-0.2, -0.15) is 0 Å². The Bertz CT molecular complexity index is 315. The Morgan fingerprint density at radius 3 is 2.48 bits per heavy atom. The summed E-state index contributed by atoms with van der Waals surface area (Å²) in [5.74, 6) is -0.152. The number of nitrogens with zero attached hydrogens (tertiary/aromatic N) is 1. The minimum absolute atomic E-state index is 0.152. The first-order valence-corrected chi connectivity index (χ1v) is 8.15. The first-order valence-electron chi connectivity index (χ1n) is 8.15. The van der Waals surface area contributed by atoms with Crippen LogP contribution in [0.15, 0.2) is 0 Å². The molecule has 1 rings (SSSR count). The highest BCUT2D eigenvalue weighted by molar-refractivity contribution is 5.80. The van der Waals surface area contributed by atoms with Crippen LogP contribution < -0.4 is 5.32 Å². The van der Waals surface area contributed by atoms with Gasteiger partial charge in [-0.1, -0.05) is 0 Å². The summed E-state index contributed by atoms with van der Waals surface area (Å²) in [7, 11) is 1.82. The minimum atomic E-state index is -0.568. The summed E-state index contributed by atoms with van der Waals surface area (Å²) in [6.07, 6.45) is 3.54. The van der Waals surface area contributed by atoms with Crippen molar-refractivity contribution >= 4 is 5.97 Å². The minimum Gasteiger partial charge on any atom is -0.465 e. The van der Waals surface area contributed by atoms with Gasteiger partial charge in [0.05, 0.1) is 18.8 Å². The second kappa shape index (κ2) is 8.71. The average Bonchev–Trinajstić information content (AvgIpc) is 2.42. The molecule has 1 aliphatic heterocycles. The van der Waals surface area contributed by atoms with E-state index >= 15 is 0 Å². The fourth-order valence-electron chi connectivity index (χ4n) is 2.90. The van der Waals surface area contributed by atoms with Crippen molar-refractivity contribution in [1.29, 1.82) is 0 Å². The van der Waals surface area contributed by atoms with Crippen LogP contribution >= 0.6 is 0 Å². The molecule has 1 aliphatic rings. The van der Waals surface area contributed by atoms with Crippen molar-refractivity contribution in [3.63, 3.8) is 0 Å². The molecular formula is C16H32N2O3. The van der Waals surface area contributed by atoms with E-state index in [2.05, 4.69) is 24.1 Å². The molecule has 124 valence electrons. The number of rotatable bonds is 8. The van der Waals surface area contributed by atoms with E-state index in [9.17, 15) is 4.79 Å². The molecule has 0 radical (unpaired) electrons. The van der Waals surface area contributed by atoms with Crippen molar-refractivity contribution in [2.75, 3.05) is 33.3 Å². The Hall–Kier alpha value is -0.650. The third-order valence-electron chi connectivity index (χ3n) is 4.17. The second-order valence-corrected chi connectivity index (χ2v) is 6.28. The van der Waals surface area contributed by atoms with Crippen molar-refractivity contribution in [3.05, 3.63) is 0 Å². The predicted octanol–water partition coefficient (Wildman–Crippen LogP) is 1.81. The van der Waals surface area contributed by atoms with E-state index in [-0.39, 0.29) is 5.97 Å². The maximum Gasteiger partial charge on any atom is 0.326 e. The number of carbonyl (C=O) groups is 1. The fourth-order valence-corrected chi connectivity index (χ4v) is 2.90. The molecule has 0 aromatic heterocycles. The predicted molar refractivity (Wildman–Crippen MR) is 84.4 cm³/mol. The van der Waals surface area contributed by atoms with Crippen LogP contribution in [0, 0.1) is 0 Å². The van der Waals surface area contributed by atoms with Gasteiger partial charge in [-0.05, 0) is 60.5 Å². The van der Waals surface area contributed by atoms with Gasteiger partial charge < -0.3 is 14.8 Å². The van der Waals surface area contributed by atoms with Crippen molar-refractivity contribution < 1.29 is 14.3 Å². The van der Waals surface area contributed by atoms with E-state index in [1.807, 2.05) is 20.9 Å². The number of likely N-dealkylation sites (N-methyl/N-ethyl adjacent to an activating group) is 1. The van der Waals surface area contributed by atoms with Crippen LogP contribution in [0.5, 0.6) is 0 Å². The Kier molecular flexibility index (Phi) is 7.63. The highest BCUT2D eigenvalue weighted by atomic mass is 16.5. The molecule has 0 aliphatic carbocycles. The molecule has 0 amide bonds. The maximum absolute atomic E-state index is 12.0. The number of morpholine rings is 1. The SMILES string of the molecule is CCOC(=O)C(C)(CCCCN1CC(C)OC(C)C1)NC. The number of carbonyl (C=O) groups excluding carboxylic acids is 1. The standard InChI is InChI=1S/C16H32N2O3/c1-6-20-15(19)16(4,17-5)9-7-8-10-18-11-13(2)21-14(3)12-18/h13-14,17H,6-12H2,1-5H3. The molecule has 0 saturated carbocycles. The van der Waals surface area contributed by atoms with Crippen molar-refractivity contribution in [2.45, 2.75) is 64.7 Å². The molecular weight excluding hydrogens is 268 g/mol. The molecule has 0 spiro atoms. The zero-order valence-corrected chi connectivity index (χ0v) is 14.3.